The molecule has 1 fully saturated rings. The lowest BCUT2D eigenvalue weighted by Gasteiger charge is -2.23. The van der Waals surface area contributed by atoms with Gasteiger partial charge in [0.2, 0.25) is 0 Å². The molecule has 16 heavy (non-hydrogen) atoms. The highest BCUT2D eigenvalue weighted by Crippen LogP contribution is 2.30. The molecule has 0 bridgehead atoms. The maximum atomic E-state index is 3.67. The van der Waals surface area contributed by atoms with Gasteiger partial charge < -0.3 is 10.6 Å². The highest BCUT2D eigenvalue weighted by Gasteiger charge is 2.16. The van der Waals surface area contributed by atoms with Gasteiger partial charge >= 0.3 is 0 Å². The van der Waals surface area contributed by atoms with Crippen molar-refractivity contribution in [2.45, 2.75) is 44.7 Å². The van der Waals surface area contributed by atoms with Crippen molar-refractivity contribution >= 4 is 11.3 Å². The number of piperidine rings is 1. The van der Waals surface area contributed by atoms with Gasteiger partial charge in [0.1, 0.15) is 0 Å². The molecule has 88 valence electrons. The molecule has 1 aliphatic carbocycles. The summed E-state index contributed by atoms with van der Waals surface area (Å²) in [6.45, 7) is 3.42. The van der Waals surface area contributed by atoms with Crippen LogP contribution in [0.2, 0.25) is 0 Å². The molecule has 3 rings (SSSR count). The van der Waals surface area contributed by atoms with Crippen molar-refractivity contribution in [2.24, 2.45) is 0 Å². The van der Waals surface area contributed by atoms with Gasteiger partial charge in [-0.3, -0.25) is 0 Å². The number of thiophene rings is 1. The summed E-state index contributed by atoms with van der Waals surface area (Å²) in [7, 11) is 0. The first-order valence-corrected chi connectivity index (χ1v) is 7.28. The fourth-order valence-electron chi connectivity index (χ4n) is 2.75. The van der Waals surface area contributed by atoms with Crippen LogP contribution >= 0.6 is 11.3 Å². The molecule has 0 aromatic carbocycles. The van der Waals surface area contributed by atoms with E-state index in [9.17, 15) is 0 Å². The lowest BCUT2D eigenvalue weighted by atomic mass is 10.1. The normalized spacial score (nSPS) is 24.6. The second kappa shape index (κ2) is 4.86. The summed E-state index contributed by atoms with van der Waals surface area (Å²) in [6.07, 6.45) is 6.67. The average molecular weight is 236 g/mol. The number of fused-ring (bicyclic) bond motifs is 1. The van der Waals surface area contributed by atoms with E-state index in [-0.39, 0.29) is 0 Å². The van der Waals surface area contributed by atoms with Crippen LogP contribution in [-0.2, 0) is 19.4 Å². The molecule has 1 saturated heterocycles. The molecule has 1 aromatic heterocycles. The van der Waals surface area contributed by atoms with Gasteiger partial charge in [0, 0.05) is 28.9 Å². The third-order valence-corrected chi connectivity index (χ3v) is 4.90. The number of hydrogen-bond acceptors (Lipinski definition) is 3. The van der Waals surface area contributed by atoms with Gasteiger partial charge in [-0.15, -0.1) is 11.3 Å². The Hall–Kier alpha value is -0.380. The zero-order valence-electron chi connectivity index (χ0n) is 9.72. The first-order chi connectivity index (χ1) is 7.92. The molecular formula is C13H20N2S. The van der Waals surface area contributed by atoms with Crippen molar-refractivity contribution in [3.8, 4) is 0 Å². The van der Waals surface area contributed by atoms with Crippen molar-refractivity contribution in [3.05, 3.63) is 21.4 Å². The summed E-state index contributed by atoms with van der Waals surface area (Å²) >= 11 is 2.03. The second-order valence-electron chi connectivity index (χ2n) is 4.94. The van der Waals surface area contributed by atoms with E-state index in [0.717, 1.165) is 13.1 Å². The molecule has 1 aliphatic heterocycles. The molecule has 2 heterocycles. The molecule has 0 radical (unpaired) electrons. The quantitative estimate of drug-likeness (QED) is 0.839. The van der Waals surface area contributed by atoms with Crippen LogP contribution < -0.4 is 10.6 Å². The molecule has 1 unspecified atom stereocenters. The van der Waals surface area contributed by atoms with Gasteiger partial charge in [-0.05, 0) is 50.3 Å². The Morgan fingerprint density at radius 1 is 1.38 bits per heavy atom. The van der Waals surface area contributed by atoms with Crippen molar-refractivity contribution in [3.63, 3.8) is 0 Å². The fraction of sp³-hybridized carbons (Fsp3) is 0.692. The maximum Gasteiger partial charge on any atom is 0.0303 e. The summed E-state index contributed by atoms with van der Waals surface area (Å²) in [5.74, 6) is 0. The SMILES string of the molecule is c1c(CNC2CCCNC2)sc2c1CCC2. The lowest BCUT2D eigenvalue weighted by molar-refractivity contribution is 0.390. The predicted molar refractivity (Wildman–Crippen MR) is 69.1 cm³/mol. The van der Waals surface area contributed by atoms with Gasteiger partial charge in [0.05, 0.1) is 0 Å². The summed E-state index contributed by atoms with van der Waals surface area (Å²) < 4.78 is 0. The average Bonchev–Trinajstić information content (AvgIpc) is 2.88. The smallest absolute Gasteiger partial charge is 0.0303 e. The monoisotopic (exact) mass is 236 g/mol. The first kappa shape index (κ1) is 10.8. The van der Waals surface area contributed by atoms with Crippen LogP contribution in [0, 0.1) is 0 Å². The number of aryl methyl sites for hydroxylation is 2. The predicted octanol–water partition coefficient (Wildman–Crippen LogP) is 2.08. The van der Waals surface area contributed by atoms with E-state index in [1.165, 1.54) is 43.5 Å². The molecule has 0 saturated carbocycles. The van der Waals surface area contributed by atoms with E-state index in [1.54, 1.807) is 10.4 Å². The zero-order chi connectivity index (χ0) is 10.8. The summed E-state index contributed by atoms with van der Waals surface area (Å²) in [4.78, 5) is 3.19. The Kier molecular flexibility index (Phi) is 3.27. The Bertz CT molecular complexity index is 331. The van der Waals surface area contributed by atoms with E-state index < -0.39 is 0 Å². The van der Waals surface area contributed by atoms with Gasteiger partial charge in [-0.2, -0.15) is 0 Å². The highest BCUT2D eigenvalue weighted by atomic mass is 32.1. The molecule has 2 aliphatic rings. The molecule has 2 nitrogen and oxygen atoms in total. The Morgan fingerprint density at radius 2 is 2.38 bits per heavy atom. The van der Waals surface area contributed by atoms with Gasteiger partial charge in [-0.25, -0.2) is 0 Å². The Labute approximate surface area is 101 Å². The first-order valence-electron chi connectivity index (χ1n) is 6.46. The van der Waals surface area contributed by atoms with Crippen LogP contribution in [0.4, 0.5) is 0 Å². The molecule has 0 spiro atoms. The minimum Gasteiger partial charge on any atom is -0.315 e. The van der Waals surface area contributed by atoms with E-state index in [2.05, 4.69) is 16.7 Å². The topological polar surface area (TPSA) is 24.1 Å². The third kappa shape index (κ3) is 2.31. The minimum atomic E-state index is 0.686. The third-order valence-electron chi connectivity index (χ3n) is 3.66. The van der Waals surface area contributed by atoms with Crippen molar-refractivity contribution in [1.82, 2.24) is 10.6 Å². The van der Waals surface area contributed by atoms with Gasteiger partial charge in [0.25, 0.3) is 0 Å². The van der Waals surface area contributed by atoms with Crippen molar-refractivity contribution in [2.75, 3.05) is 13.1 Å². The Balaban J connectivity index is 1.53. The highest BCUT2D eigenvalue weighted by molar-refractivity contribution is 7.12. The van der Waals surface area contributed by atoms with E-state index >= 15 is 0 Å². The lowest BCUT2D eigenvalue weighted by Crippen LogP contribution is -2.42. The van der Waals surface area contributed by atoms with Gasteiger partial charge in [-0.1, -0.05) is 0 Å². The van der Waals surface area contributed by atoms with Crippen LogP contribution in [0.5, 0.6) is 0 Å². The number of rotatable bonds is 3. The molecular weight excluding hydrogens is 216 g/mol. The van der Waals surface area contributed by atoms with Crippen molar-refractivity contribution in [1.29, 1.82) is 0 Å². The van der Waals surface area contributed by atoms with Crippen LogP contribution in [0.25, 0.3) is 0 Å². The minimum absolute atomic E-state index is 0.686. The van der Waals surface area contributed by atoms with Crippen LogP contribution in [0.15, 0.2) is 6.07 Å². The molecule has 2 N–H and O–H groups in total. The van der Waals surface area contributed by atoms with Crippen LogP contribution in [0.1, 0.15) is 34.6 Å². The summed E-state index contributed by atoms with van der Waals surface area (Å²) in [6, 6.07) is 3.11. The second-order valence-corrected chi connectivity index (χ2v) is 6.16. The maximum absolute atomic E-state index is 3.67. The van der Waals surface area contributed by atoms with Crippen LogP contribution in [0.3, 0.4) is 0 Å². The van der Waals surface area contributed by atoms with Crippen molar-refractivity contribution < 1.29 is 0 Å². The largest absolute Gasteiger partial charge is 0.315 e. The number of hydrogen-bond donors (Lipinski definition) is 2. The zero-order valence-corrected chi connectivity index (χ0v) is 10.5. The van der Waals surface area contributed by atoms with E-state index in [4.69, 9.17) is 0 Å². The molecule has 3 heteroatoms. The fourth-order valence-corrected chi connectivity index (χ4v) is 3.96. The molecule has 0 amide bonds. The van der Waals surface area contributed by atoms with E-state index in [1.807, 2.05) is 11.3 Å². The van der Waals surface area contributed by atoms with Crippen LogP contribution in [-0.4, -0.2) is 19.1 Å². The number of nitrogens with one attached hydrogen (secondary N) is 2. The molecule has 1 aromatic rings. The summed E-state index contributed by atoms with van der Waals surface area (Å²) in [5, 5.41) is 7.13. The summed E-state index contributed by atoms with van der Waals surface area (Å²) in [5.41, 5.74) is 1.63. The Morgan fingerprint density at radius 3 is 3.19 bits per heavy atom. The van der Waals surface area contributed by atoms with E-state index in [0.29, 0.717) is 6.04 Å². The molecule has 1 atom stereocenters. The standard InChI is InChI=1S/C13H20N2S/c1-3-10-7-12(16-13(10)5-1)9-15-11-4-2-6-14-8-11/h7,11,14-15H,1-6,8-9H2. The van der Waals surface area contributed by atoms with Gasteiger partial charge in [0.15, 0.2) is 0 Å².